The first-order chi connectivity index (χ1) is 13.5. The Hall–Kier alpha value is -3.65. The monoisotopic (exact) mass is 382 g/mol. The predicted molar refractivity (Wildman–Crippen MR) is 101 cm³/mol. The molecule has 3 aromatic rings. The zero-order valence-electron chi connectivity index (χ0n) is 15.0. The Morgan fingerprint density at radius 1 is 1.07 bits per heavy atom. The zero-order chi connectivity index (χ0) is 20.1. The van der Waals surface area contributed by atoms with Crippen molar-refractivity contribution >= 4 is 22.6 Å². The van der Waals surface area contributed by atoms with E-state index in [1.54, 1.807) is 49.6 Å². The highest BCUT2D eigenvalue weighted by Gasteiger charge is 2.17. The van der Waals surface area contributed by atoms with Crippen LogP contribution in [0, 0.1) is 0 Å². The number of methoxy groups -OCH3 is 1. The number of hydrogen-bond donors (Lipinski definition) is 3. The van der Waals surface area contributed by atoms with Gasteiger partial charge in [-0.25, -0.2) is 0 Å². The molecule has 0 unspecified atom stereocenters. The van der Waals surface area contributed by atoms with E-state index < -0.39 is 25.0 Å². The quantitative estimate of drug-likeness (QED) is 0.574. The Morgan fingerprint density at radius 3 is 2.39 bits per heavy atom. The van der Waals surface area contributed by atoms with E-state index in [2.05, 4.69) is 10.3 Å². The van der Waals surface area contributed by atoms with Crippen LogP contribution >= 0.6 is 0 Å². The smallest absolute Gasteiger partial charge is 0.322 e. The number of pyridine rings is 1. The molecular formula is C20H18N2O6. The molecule has 0 saturated heterocycles. The Labute approximate surface area is 160 Å². The minimum absolute atomic E-state index is 0.0298. The van der Waals surface area contributed by atoms with Crippen molar-refractivity contribution in [1.82, 2.24) is 10.3 Å². The molecule has 28 heavy (non-hydrogen) atoms. The van der Waals surface area contributed by atoms with Crippen LogP contribution in [0.25, 0.3) is 10.8 Å². The first-order valence-electron chi connectivity index (χ1n) is 8.36. The molecule has 1 aromatic heterocycles. The second-order valence-electron chi connectivity index (χ2n) is 5.85. The van der Waals surface area contributed by atoms with Gasteiger partial charge in [-0.1, -0.05) is 0 Å². The zero-order valence-corrected chi connectivity index (χ0v) is 15.0. The van der Waals surface area contributed by atoms with E-state index in [9.17, 15) is 14.7 Å². The van der Waals surface area contributed by atoms with Crippen LogP contribution in [-0.4, -0.2) is 40.7 Å². The van der Waals surface area contributed by atoms with Crippen LogP contribution in [0.15, 0.2) is 48.7 Å². The van der Waals surface area contributed by atoms with Gasteiger partial charge in [-0.3, -0.25) is 14.6 Å². The van der Waals surface area contributed by atoms with Crippen LogP contribution < -0.4 is 14.8 Å². The average molecular weight is 382 g/mol. The Kier molecular flexibility index (Phi) is 5.71. The average Bonchev–Trinajstić information content (AvgIpc) is 2.71. The van der Waals surface area contributed by atoms with Gasteiger partial charge in [-0.2, -0.15) is 0 Å². The van der Waals surface area contributed by atoms with E-state index in [1.165, 1.54) is 6.20 Å². The number of aliphatic hydroxyl groups excluding tert-OH is 1. The number of aliphatic hydroxyl groups is 1. The van der Waals surface area contributed by atoms with E-state index in [4.69, 9.17) is 14.6 Å². The summed E-state index contributed by atoms with van der Waals surface area (Å²) in [6.45, 7) is -0.976. The molecule has 0 fully saturated rings. The molecule has 0 atom stereocenters. The SMILES string of the molecule is COc1ccc(Oc2ccc3cnc(C(=O)NCC(=O)O)c(CO)c3c2)cc1. The topological polar surface area (TPSA) is 118 Å². The van der Waals surface area contributed by atoms with Gasteiger partial charge in [0, 0.05) is 17.1 Å². The molecule has 8 nitrogen and oxygen atoms in total. The van der Waals surface area contributed by atoms with Gasteiger partial charge in [-0.15, -0.1) is 0 Å². The van der Waals surface area contributed by atoms with Gasteiger partial charge in [0.15, 0.2) is 0 Å². The van der Waals surface area contributed by atoms with Gasteiger partial charge in [0.1, 0.15) is 29.5 Å². The fourth-order valence-corrected chi connectivity index (χ4v) is 2.69. The lowest BCUT2D eigenvalue weighted by Crippen LogP contribution is -2.30. The predicted octanol–water partition coefficient (Wildman–Crippen LogP) is 2.34. The maximum Gasteiger partial charge on any atom is 0.322 e. The molecule has 0 aliphatic heterocycles. The molecular weight excluding hydrogens is 364 g/mol. The fourth-order valence-electron chi connectivity index (χ4n) is 2.69. The summed E-state index contributed by atoms with van der Waals surface area (Å²) in [7, 11) is 1.58. The molecule has 3 rings (SSSR count). The van der Waals surface area contributed by atoms with Crippen LogP contribution in [0.4, 0.5) is 0 Å². The molecule has 1 amide bonds. The normalized spacial score (nSPS) is 10.5. The standard InChI is InChI=1S/C20H18N2O6/c1-27-13-4-6-14(7-5-13)28-15-3-2-12-9-21-19(17(11-23)16(12)8-15)20(26)22-10-18(24)25/h2-9,23H,10-11H2,1H3,(H,22,26)(H,24,25). The third kappa shape index (κ3) is 4.18. The summed E-state index contributed by atoms with van der Waals surface area (Å²) in [5.74, 6) is -0.0316. The summed E-state index contributed by atoms with van der Waals surface area (Å²) in [5, 5.41) is 22.0. The maximum absolute atomic E-state index is 12.2. The van der Waals surface area contributed by atoms with Gasteiger partial charge < -0.3 is 25.0 Å². The molecule has 0 aliphatic carbocycles. The number of carbonyl (C=O) groups excluding carboxylic acids is 1. The second-order valence-corrected chi connectivity index (χ2v) is 5.85. The van der Waals surface area contributed by atoms with Gasteiger partial charge in [0.05, 0.1) is 13.7 Å². The van der Waals surface area contributed by atoms with Gasteiger partial charge in [0.25, 0.3) is 5.91 Å². The van der Waals surface area contributed by atoms with Crippen molar-refractivity contribution in [2.45, 2.75) is 6.61 Å². The maximum atomic E-state index is 12.2. The van der Waals surface area contributed by atoms with Crippen LogP contribution in [0.5, 0.6) is 17.2 Å². The lowest BCUT2D eigenvalue weighted by Gasteiger charge is -2.12. The lowest BCUT2D eigenvalue weighted by atomic mass is 10.0. The summed E-state index contributed by atoms with van der Waals surface area (Å²) in [5.41, 5.74) is 0.262. The molecule has 0 spiro atoms. The van der Waals surface area contributed by atoms with Crippen LogP contribution in [-0.2, 0) is 11.4 Å². The highest BCUT2D eigenvalue weighted by molar-refractivity contribution is 6.00. The van der Waals surface area contributed by atoms with E-state index >= 15 is 0 Å². The number of rotatable bonds is 7. The summed E-state index contributed by atoms with van der Waals surface area (Å²) in [4.78, 5) is 26.9. The highest BCUT2D eigenvalue weighted by atomic mass is 16.5. The van der Waals surface area contributed by atoms with Crippen LogP contribution in [0.2, 0.25) is 0 Å². The van der Waals surface area contributed by atoms with Gasteiger partial charge in [0.2, 0.25) is 0 Å². The minimum atomic E-state index is -1.17. The van der Waals surface area contributed by atoms with Crippen molar-refractivity contribution in [3.05, 3.63) is 59.9 Å². The highest BCUT2D eigenvalue weighted by Crippen LogP contribution is 2.29. The summed E-state index contributed by atoms with van der Waals surface area (Å²) in [6, 6.07) is 12.3. The van der Waals surface area contributed by atoms with E-state index in [1.807, 2.05) is 0 Å². The first-order valence-corrected chi connectivity index (χ1v) is 8.36. The molecule has 0 aliphatic rings. The minimum Gasteiger partial charge on any atom is -0.497 e. The third-order valence-corrected chi connectivity index (χ3v) is 4.04. The number of ether oxygens (including phenoxy) is 2. The van der Waals surface area contributed by atoms with Crippen molar-refractivity contribution in [2.75, 3.05) is 13.7 Å². The number of benzene rings is 2. The Balaban J connectivity index is 1.94. The van der Waals surface area contributed by atoms with Crippen molar-refractivity contribution in [1.29, 1.82) is 0 Å². The molecule has 8 heteroatoms. The molecule has 3 N–H and O–H groups in total. The Bertz CT molecular complexity index is 1020. The van der Waals surface area contributed by atoms with E-state index in [-0.39, 0.29) is 5.69 Å². The largest absolute Gasteiger partial charge is 0.497 e. The Morgan fingerprint density at radius 2 is 1.75 bits per heavy atom. The number of nitrogens with zero attached hydrogens (tertiary/aromatic N) is 1. The molecule has 144 valence electrons. The third-order valence-electron chi connectivity index (χ3n) is 4.04. The number of amides is 1. The number of fused-ring (bicyclic) bond motifs is 1. The van der Waals surface area contributed by atoms with E-state index in [0.717, 1.165) is 0 Å². The first kappa shape index (κ1) is 19.1. The van der Waals surface area contributed by atoms with Crippen LogP contribution in [0.1, 0.15) is 16.1 Å². The van der Waals surface area contributed by atoms with Crippen molar-refractivity contribution in [3.63, 3.8) is 0 Å². The number of nitrogens with one attached hydrogen (secondary N) is 1. The van der Waals surface area contributed by atoms with Crippen LogP contribution in [0.3, 0.4) is 0 Å². The number of aromatic nitrogens is 1. The number of aliphatic carboxylic acids is 1. The summed E-state index contributed by atoms with van der Waals surface area (Å²) in [6.07, 6.45) is 1.49. The van der Waals surface area contributed by atoms with Crippen molar-refractivity contribution in [2.24, 2.45) is 0 Å². The number of hydrogen-bond acceptors (Lipinski definition) is 6. The molecule has 0 radical (unpaired) electrons. The number of carboxylic acid groups (broad SMARTS) is 1. The van der Waals surface area contributed by atoms with Crippen molar-refractivity contribution < 1.29 is 29.3 Å². The number of carbonyl (C=O) groups is 2. The fraction of sp³-hybridized carbons (Fsp3) is 0.150. The molecule has 2 aromatic carbocycles. The van der Waals surface area contributed by atoms with Gasteiger partial charge in [-0.05, 0) is 47.9 Å². The number of carboxylic acids is 1. The summed E-state index contributed by atoms with van der Waals surface area (Å²) < 4.78 is 10.9. The molecule has 1 heterocycles. The molecule has 0 saturated carbocycles. The second kappa shape index (κ2) is 8.36. The van der Waals surface area contributed by atoms with E-state index in [0.29, 0.717) is 33.6 Å². The van der Waals surface area contributed by atoms with Crippen molar-refractivity contribution in [3.8, 4) is 17.2 Å². The lowest BCUT2D eigenvalue weighted by molar-refractivity contribution is -0.135. The molecule has 0 bridgehead atoms. The summed E-state index contributed by atoms with van der Waals surface area (Å²) >= 11 is 0. The van der Waals surface area contributed by atoms with Gasteiger partial charge >= 0.3 is 5.97 Å².